The second-order valence-corrected chi connectivity index (χ2v) is 4.93. The van der Waals surface area contributed by atoms with Crippen molar-refractivity contribution in [3.63, 3.8) is 0 Å². The number of hydrogen-bond acceptors (Lipinski definition) is 5. The van der Waals surface area contributed by atoms with Crippen molar-refractivity contribution >= 4 is 29.6 Å². The van der Waals surface area contributed by atoms with Crippen molar-refractivity contribution in [1.29, 1.82) is 5.26 Å². The molecular formula is C18H10N2O8Zr. The van der Waals surface area contributed by atoms with E-state index in [-0.39, 0.29) is 59.7 Å². The topological polar surface area (TPSA) is 177 Å². The fourth-order valence-corrected chi connectivity index (χ4v) is 1.94. The molecule has 0 bridgehead atoms. The van der Waals surface area contributed by atoms with Crippen molar-refractivity contribution in [2.45, 2.75) is 0 Å². The molecule has 29 heavy (non-hydrogen) atoms. The second kappa shape index (κ2) is 11.1. The Hall–Kier alpha value is -3.82. The summed E-state index contributed by atoms with van der Waals surface area (Å²) >= 11 is 0. The van der Waals surface area contributed by atoms with Crippen LogP contribution in [0.1, 0.15) is 47.0 Å². The minimum atomic E-state index is -1.36. The van der Waals surface area contributed by atoms with Gasteiger partial charge in [-0.05, 0) is 24.3 Å². The van der Waals surface area contributed by atoms with E-state index in [0.717, 1.165) is 24.3 Å². The molecule has 2 aromatic rings. The number of carboxylic acids is 4. The van der Waals surface area contributed by atoms with E-state index in [9.17, 15) is 19.2 Å². The normalized spacial score (nSPS) is 8.76. The van der Waals surface area contributed by atoms with E-state index in [1.807, 2.05) is 0 Å². The summed E-state index contributed by atoms with van der Waals surface area (Å²) in [5, 5.41) is 43.1. The average Bonchev–Trinajstić information content (AvgIpc) is 2.67. The predicted molar refractivity (Wildman–Crippen MR) is 91.7 cm³/mol. The molecule has 0 unspecified atom stereocenters. The van der Waals surface area contributed by atoms with Gasteiger partial charge in [-0.3, -0.25) is 0 Å². The van der Waals surface area contributed by atoms with E-state index in [1.165, 1.54) is 12.1 Å². The van der Waals surface area contributed by atoms with Gasteiger partial charge in [-0.25, -0.2) is 24.0 Å². The number of benzene rings is 2. The first-order chi connectivity index (χ1) is 13.1. The van der Waals surface area contributed by atoms with Crippen LogP contribution < -0.4 is 0 Å². The van der Waals surface area contributed by atoms with Gasteiger partial charge in [0.05, 0.1) is 40.5 Å². The van der Waals surface area contributed by atoms with Gasteiger partial charge < -0.3 is 20.4 Å². The summed E-state index contributed by atoms with van der Waals surface area (Å²) in [5.41, 5.74) is -1.16. The van der Waals surface area contributed by atoms with E-state index >= 15 is 0 Å². The van der Waals surface area contributed by atoms with E-state index in [0.29, 0.717) is 0 Å². The first-order valence-electron chi connectivity index (χ1n) is 7.11. The molecular weight excluding hydrogens is 463 g/mol. The Morgan fingerprint density at radius 1 is 0.759 bits per heavy atom. The Labute approximate surface area is 182 Å². The van der Waals surface area contributed by atoms with E-state index in [2.05, 4.69) is 4.85 Å². The monoisotopic (exact) mass is 472 g/mol. The summed E-state index contributed by atoms with van der Waals surface area (Å²) < 4.78 is 0. The van der Waals surface area contributed by atoms with Gasteiger partial charge in [0.15, 0.2) is 5.69 Å². The number of nitriles is 1. The van der Waals surface area contributed by atoms with Crippen LogP contribution in [0.4, 0.5) is 5.69 Å². The molecule has 0 aliphatic carbocycles. The molecule has 0 atom stereocenters. The van der Waals surface area contributed by atoms with Crippen molar-refractivity contribution in [1.82, 2.24) is 0 Å². The van der Waals surface area contributed by atoms with Gasteiger partial charge in [0.2, 0.25) is 0 Å². The fraction of sp³-hybridized carbons (Fsp3) is 0. The number of carbonyl (C=O) groups is 4. The molecule has 0 aliphatic rings. The molecule has 10 nitrogen and oxygen atoms in total. The standard InChI is InChI=1S/2C9H5NO4.Zr/c1-10-5-2-3-6(8(11)12)7(4-5)9(13)14;10-4-5-1-2-6(8(11)12)7(3-5)9(13)14;/h2-4H,(H,11,12)(H,13,14);1-3H,(H,11,12)(H,13,14);. The number of hydrogen-bond donors (Lipinski definition) is 4. The van der Waals surface area contributed by atoms with Crippen LogP contribution in [0, 0.1) is 17.9 Å². The van der Waals surface area contributed by atoms with Crippen molar-refractivity contribution in [2.75, 3.05) is 0 Å². The van der Waals surface area contributed by atoms with Crippen LogP contribution in [-0.2, 0) is 26.2 Å². The number of rotatable bonds is 4. The summed E-state index contributed by atoms with van der Waals surface area (Å²) in [6, 6.07) is 8.54. The van der Waals surface area contributed by atoms with E-state index in [4.69, 9.17) is 32.3 Å². The van der Waals surface area contributed by atoms with Crippen LogP contribution in [0.5, 0.6) is 0 Å². The third-order valence-electron chi connectivity index (χ3n) is 3.20. The summed E-state index contributed by atoms with van der Waals surface area (Å²) in [7, 11) is 0. The Kier molecular flexibility index (Phi) is 9.66. The summed E-state index contributed by atoms with van der Waals surface area (Å²) in [6.07, 6.45) is 0. The van der Waals surface area contributed by atoms with Crippen LogP contribution in [0.25, 0.3) is 4.85 Å². The predicted octanol–water partition coefficient (Wildman–Crippen LogP) is 2.59. The van der Waals surface area contributed by atoms with Crippen LogP contribution in [0.2, 0.25) is 0 Å². The Morgan fingerprint density at radius 2 is 1.17 bits per heavy atom. The maximum atomic E-state index is 10.6. The quantitative estimate of drug-likeness (QED) is 0.486. The van der Waals surface area contributed by atoms with Crippen LogP contribution >= 0.6 is 0 Å². The third-order valence-corrected chi connectivity index (χ3v) is 3.20. The van der Waals surface area contributed by atoms with E-state index in [1.54, 1.807) is 6.07 Å². The molecule has 0 heterocycles. The van der Waals surface area contributed by atoms with Gasteiger partial charge in [0.25, 0.3) is 0 Å². The Bertz CT molecular complexity index is 981. The first-order valence-corrected chi connectivity index (χ1v) is 7.11. The molecule has 0 aliphatic heterocycles. The van der Waals surface area contributed by atoms with E-state index < -0.39 is 23.9 Å². The van der Waals surface area contributed by atoms with Gasteiger partial charge in [0.1, 0.15) is 0 Å². The molecule has 4 N–H and O–H groups in total. The molecule has 0 amide bonds. The zero-order valence-electron chi connectivity index (χ0n) is 14.3. The van der Waals surface area contributed by atoms with Crippen LogP contribution in [-0.4, -0.2) is 44.3 Å². The smallest absolute Gasteiger partial charge is 0.336 e. The molecule has 0 aromatic heterocycles. The van der Waals surface area contributed by atoms with Crippen LogP contribution in [0.15, 0.2) is 36.4 Å². The van der Waals surface area contributed by atoms with Crippen molar-refractivity contribution in [3.05, 3.63) is 75.6 Å². The Morgan fingerprint density at radius 3 is 1.55 bits per heavy atom. The van der Waals surface area contributed by atoms with Crippen LogP contribution in [0.3, 0.4) is 0 Å². The maximum absolute atomic E-state index is 10.6. The molecule has 0 saturated carbocycles. The van der Waals surface area contributed by atoms with Gasteiger partial charge in [-0.2, -0.15) is 5.26 Å². The van der Waals surface area contributed by atoms with Crippen molar-refractivity contribution in [3.8, 4) is 6.07 Å². The summed E-state index contributed by atoms with van der Waals surface area (Å²) in [5.74, 6) is -5.36. The largest absolute Gasteiger partial charge is 0.478 e. The number of carboxylic acid groups (broad SMARTS) is 4. The molecule has 0 radical (unpaired) electrons. The zero-order chi connectivity index (χ0) is 21.4. The van der Waals surface area contributed by atoms with Gasteiger partial charge in [0, 0.05) is 26.2 Å². The number of nitrogens with zero attached hydrogens (tertiary/aromatic N) is 2. The SMILES string of the molecule is N#Cc1ccc(C(=O)O)c(C(=O)O)c1.[C-]#[N+]c1ccc(C(=O)O)c(C(=O)O)c1.[Zr]. The third kappa shape index (κ3) is 6.69. The molecule has 2 rings (SSSR count). The first kappa shape index (κ1) is 25.2. The maximum Gasteiger partial charge on any atom is 0.336 e. The molecule has 0 saturated heterocycles. The molecule has 0 fully saturated rings. The van der Waals surface area contributed by atoms with Crippen molar-refractivity contribution in [2.24, 2.45) is 0 Å². The van der Waals surface area contributed by atoms with Crippen molar-refractivity contribution < 1.29 is 65.8 Å². The fourth-order valence-electron chi connectivity index (χ4n) is 1.94. The number of aromatic carboxylic acids is 4. The minimum absolute atomic E-state index is 0. The van der Waals surface area contributed by atoms with Gasteiger partial charge in [-0.15, -0.1) is 0 Å². The van der Waals surface area contributed by atoms with Gasteiger partial charge >= 0.3 is 23.9 Å². The summed E-state index contributed by atoms with van der Waals surface area (Å²) in [6.45, 7) is 6.64. The minimum Gasteiger partial charge on any atom is -0.478 e. The zero-order valence-corrected chi connectivity index (χ0v) is 16.7. The average molecular weight is 474 g/mol. The van der Waals surface area contributed by atoms with Gasteiger partial charge in [-0.1, -0.05) is 12.1 Å². The Balaban J connectivity index is 0.000000523. The molecule has 0 spiro atoms. The molecule has 2 aromatic carbocycles. The molecule has 11 heteroatoms. The summed E-state index contributed by atoms with van der Waals surface area (Å²) in [4.78, 5) is 45.4. The molecule has 144 valence electrons. The second-order valence-electron chi connectivity index (χ2n) is 4.93.